The van der Waals surface area contributed by atoms with Gasteiger partial charge in [0.25, 0.3) is 0 Å². The van der Waals surface area contributed by atoms with Crippen LogP contribution in [0.4, 0.5) is 0 Å². The van der Waals surface area contributed by atoms with Crippen molar-refractivity contribution in [2.24, 2.45) is 5.92 Å². The van der Waals surface area contributed by atoms with E-state index in [0.717, 1.165) is 23.8 Å². The minimum absolute atomic E-state index is 0.810. The van der Waals surface area contributed by atoms with Crippen molar-refractivity contribution in [1.29, 1.82) is 0 Å². The van der Waals surface area contributed by atoms with Crippen molar-refractivity contribution in [3.63, 3.8) is 0 Å². The van der Waals surface area contributed by atoms with Gasteiger partial charge in [0.05, 0.1) is 6.61 Å². The monoisotopic (exact) mass is 161 g/mol. The summed E-state index contributed by atoms with van der Waals surface area (Å²) in [7, 11) is 0. The van der Waals surface area contributed by atoms with Crippen LogP contribution in [0.5, 0.6) is 5.75 Å². The first-order chi connectivity index (χ1) is 5.86. The van der Waals surface area contributed by atoms with Crippen LogP contribution >= 0.6 is 0 Å². The molecule has 0 unspecified atom stereocenters. The van der Waals surface area contributed by atoms with Crippen LogP contribution in [0.1, 0.15) is 18.4 Å². The summed E-state index contributed by atoms with van der Waals surface area (Å²) in [6, 6.07) is 7.91. The maximum absolute atomic E-state index is 5.60. The Balaban J connectivity index is 1.96. The zero-order chi connectivity index (χ0) is 8.39. The third-order valence-corrected chi connectivity index (χ3v) is 2.14. The Morgan fingerprint density at radius 2 is 2.08 bits per heavy atom. The first-order valence-electron chi connectivity index (χ1n) is 4.40. The molecule has 1 aliphatic rings. The van der Waals surface area contributed by atoms with E-state index in [9.17, 15) is 0 Å². The lowest BCUT2D eigenvalue weighted by molar-refractivity contribution is 0.298. The van der Waals surface area contributed by atoms with Crippen LogP contribution in [-0.2, 0) is 0 Å². The molecule has 0 heterocycles. The van der Waals surface area contributed by atoms with E-state index in [1.165, 1.54) is 12.8 Å². The van der Waals surface area contributed by atoms with Crippen molar-refractivity contribution in [2.75, 3.05) is 6.61 Å². The molecule has 0 atom stereocenters. The van der Waals surface area contributed by atoms with Crippen molar-refractivity contribution in [1.82, 2.24) is 0 Å². The van der Waals surface area contributed by atoms with Gasteiger partial charge in [-0.1, -0.05) is 18.2 Å². The van der Waals surface area contributed by atoms with E-state index >= 15 is 0 Å². The molecule has 0 aromatic heterocycles. The summed E-state index contributed by atoms with van der Waals surface area (Å²) in [4.78, 5) is 0. The normalized spacial score (nSPS) is 16.1. The number of para-hydroxylation sites is 1. The Labute approximate surface area is 73.4 Å². The number of hydrogen-bond acceptors (Lipinski definition) is 1. The number of rotatable bonds is 3. The Morgan fingerprint density at radius 3 is 2.75 bits per heavy atom. The van der Waals surface area contributed by atoms with Gasteiger partial charge in [-0.3, -0.25) is 0 Å². The van der Waals surface area contributed by atoms with Crippen LogP contribution in [0.3, 0.4) is 0 Å². The molecule has 1 nitrogen and oxygen atoms in total. The van der Waals surface area contributed by atoms with E-state index in [1.54, 1.807) is 0 Å². The molecule has 1 aromatic carbocycles. The zero-order valence-electron chi connectivity index (χ0n) is 7.12. The highest BCUT2D eigenvalue weighted by atomic mass is 16.5. The van der Waals surface area contributed by atoms with Crippen molar-refractivity contribution < 1.29 is 4.74 Å². The Morgan fingerprint density at radius 1 is 1.33 bits per heavy atom. The molecular formula is C11H13O. The molecule has 1 aliphatic carbocycles. The van der Waals surface area contributed by atoms with Gasteiger partial charge in [-0.15, -0.1) is 0 Å². The predicted octanol–water partition coefficient (Wildman–Crippen LogP) is 2.66. The summed E-state index contributed by atoms with van der Waals surface area (Å²) in [5.41, 5.74) is 0.984. The van der Waals surface area contributed by atoms with E-state index in [4.69, 9.17) is 4.74 Å². The molecule has 1 fully saturated rings. The highest BCUT2D eigenvalue weighted by molar-refractivity contribution is 5.35. The summed E-state index contributed by atoms with van der Waals surface area (Å²) in [6.07, 6.45) is 2.67. The maximum atomic E-state index is 5.60. The standard InChI is InChI=1S/C11H13O/c1-9-4-2-3-5-11(9)12-8-10-6-7-10/h2-5,10H,1,6-8H2. The number of ether oxygens (including phenoxy) is 1. The maximum Gasteiger partial charge on any atom is 0.122 e. The summed E-state index contributed by atoms with van der Waals surface area (Å²) in [6.45, 7) is 4.76. The van der Waals surface area contributed by atoms with Crippen LogP contribution in [0, 0.1) is 12.8 Å². The fourth-order valence-corrected chi connectivity index (χ4v) is 1.14. The zero-order valence-corrected chi connectivity index (χ0v) is 7.12. The van der Waals surface area contributed by atoms with E-state index in [2.05, 4.69) is 6.92 Å². The van der Waals surface area contributed by atoms with Gasteiger partial charge in [0.1, 0.15) is 5.75 Å². The fraction of sp³-hybridized carbons (Fsp3) is 0.364. The molecule has 0 saturated heterocycles. The van der Waals surface area contributed by atoms with Gasteiger partial charge in [0.2, 0.25) is 0 Å². The van der Waals surface area contributed by atoms with Crippen LogP contribution in [-0.4, -0.2) is 6.61 Å². The molecule has 0 N–H and O–H groups in total. The SMILES string of the molecule is [CH2]c1ccccc1OCC1CC1. The van der Waals surface area contributed by atoms with Crippen molar-refractivity contribution in [2.45, 2.75) is 12.8 Å². The molecule has 0 aliphatic heterocycles. The van der Waals surface area contributed by atoms with Crippen LogP contribution in [0.15, 0.2) is 24.3 Å². The molecule has 2 rings (SSSR count). The largest absolute Gasteiger partial charge is 0.493 e. The minimum atomic E-state index is 0.810. The van der Waals surface area contributed by atoms with Gasteiger partial charge in [0, 0.05) is 0 Å². The molecule has 0 bridgehead atoms. The minimum Gasteiger partial charge on any atom is -0.493 e. The van der Waals surface area contributed by atoms with Gasteiger partial charge in [-0.25, -0.2) is 0 Å². The van der Waals surface area contributed by atoms with Crippen LogP contribution < -0.4 is 4.74 Å². The Bertz CT molecular complexity index is 263. The van der Waals surface area contributed by atoms with Crippen molar-refractivity contribution in [3.05, 3.63) is 36.8 Å². The molecule has 63 valence electrons. The fourth-order valence-electron chi connectivity index (χ4n) is 1.14. The number of benzene rings is 1. The van der Waals surface area contributed by atoms with Gasteiger partial charge in [0.15, 0.2) is 0 Å². The van der Waals surface area contributed by atoms with Crippen molar-refractivity contribution >= 4 is 0 Å². The molecule has 1 heteroatoms. The van der Waals surface area contributed by atoms with E-state index in [0.29, 0.717) is 0 Å². The van der Waals surface area contributed by atoms with Crippen LogP contribution in [0.25, 0.3) is 0 Å². The lowest BCUT2D eigenvalue weighted by atomic mass is 10.2. The highest BCUT2D eigenvalue weighted by Crippen LogP contribution is 2.30. The Hall–Kier alpha value is -0.980. The van der Waals surface area contributed by atoms with Gasteiger partial charge in [-0.2, -0.15) is 0 Å². The summed E-state index contributed by atoms with van der Waals surface area (Å²) in [5, 5.41) is 0. The van der Waals surface area contributed by atoms with Gasteiger partial charge in [-0.05, 0) is 37.3 Å². The predicted molar refractivity (Wildman–Crippen MR) is 49.1 cm³/mol. The van der Waals surface area contributed by atoms with Crippen molar-refractivity contribution in [3.8, 4) is 5.75 Å². The van der Waals surface area contributed by atoms with Gasteiger partial charge < -0.3 is 4.74 Å². The van der Waals surface area contributed by atoms with E-state index in [-0.39, 0.29) is 0 Å². The molecule has 1 radical (unpaired) electrons. The lowest BCUT2D eigenvalue weighted by Crippen LogP contribution is -1.99. The van der Waals surface area contributed by atoms with Gasteiger partial charge >= 0.3 is 0 Å². The molecule has 1 aromatic rings. The van der Waals surface area contributed by atoms with E-state index in [1.807, 2.05) is 24.3 Å². The second-order valence-electron chi connectivity index (χ2n) is 3.36. The second-order valence-corrected chi connectivity index (χ2v) is 3.36. The third kappa shape index (κ3) is 1.79. The second kappa shape index (κ2) is 3.18. The first-order valence-corrected chi connectivity index (χ1v) is 4.40. The quantitative estimate of drug-likeness (QED) is 0.662. The summed E-state index contributed by atoms with van der Waals surface area (Å²) < 4.78 is 5.60. The third-order valence-electron chi connectivity index (χ3n) is 2.14. The molecule has 12 heavy (non-hydrogen) atoms. The highest BCUT2D eigenvalue weighted by Gasteiger charge is 2.21. The molecular weight excluding hydrogens is 148 g/mol. The average molecular weight is 161 g/mol. The topological polar surface area (TPSA) is 9.23 Å². The molecule has 0 spiro atoms. The lowest BCUT2D eigenvalue weighted by Gasteiger charge is -2.06. The summed E-state index contributed by atoms with van der Waals surface area (Å²) in [5.74, 6) is 1.74. The molecule has 0 amide bonds. The number of hydrogen-bond donors (Lipinski definition) is 0. The smallest absolute Gasteiger partial charge is 0.122 e. The summed E-state index contributed by atoms with van der Waals surface area (Å²) >= 11 is 0. The van der Waals surface area contributed by atoms with E-state index < -0.39 is 0 Å². The molecule has 1 saturated carbocycles. The Kier molecular flexibility index (Phi) is 2.03. The first kappa shape index (κ1) is 7.66. The van der Waals surface area contributed by atoms with Crippen LogP contribution in [0.2, 0.25) is 0 Å². The average Bonchev–Trinajstić information content (AvgIpc) is 2.86.